The summed E-state index contributed by atoms with van der Waals surface area (Å²) in [6, 6.07) is 8.72. The largest absolute Gasteiger partial charge is 0.348 e. The van der Waals surface area contributed by atoms with Gasteiger partial charge in [-0.2, -0.15) is 0 Å². The molecular formula is C14H16N2O2S. The molecule has 0 aromatic carbocycles. The summed E-state index contributed by atoms with van der Waals surface area (Å²) in [5.41, 5.74) is 0.0240. The number of hydrogen-bond donors (Lipinski definition) is 2. The third kappa shape index (κ3) is 3.79. The van der Waals surface area contributed by atoms with Gasteiger partial charge >= 0.3 is 0 Å². The molecule has 0 fully saturated rings. The molecular weight excluding hydrogens is 260 g/mol. The maximum Gasteiger partial charge on any atom is 0.268 e. The zero-order chi connectivity index (χ0) is 13.8. The summed E-state index contributed by atoms with van der Waals surface area (Å²) in [6.07, 6.45) is 0.793. The first kappa shape index (κ1) is 13.5. The van der Waals surface area contributed by atoms with E-state index in [4.69, 9.17) is 0 Å². The lowest BCUT2D eigenvalue weighted by Crippen LogP contribution is -2.35. The first-order valence-electron chi connectivity index (χ1n) is 6.10. The van der Waals surface area contributed by atoms with E-state index in [2.05, 4.69) is 29.4 Å². The van der Waals surface area contributed by atoms with Gasteiger partial charge in [0.15, 0.2) is 0 Å². The Labute approximate surface area is 115 Å². The van der Waals surface area contributed by atoms with Gasteiger partial charge in [0.1, 0.15) is 5.69 Å². The summed E-state index contributed by atoms with van der Waals surface area (Å²) < 4.78 is 0. The lowest BCUT2D eigenvalue weighted by atomic mass is 10.2. The van der Waals surface area contributed by atoms with Crippen LogP contribution in [0.25, 0.3) is 0 Å². The lowest BCUT2D eigenvalue weighted by Gasteiger charge is -2.12. The van der Waals surface area contributed by atoms with Crippen molar-refractivity contribution < 1.29 is 4.79 Å². The summed E-state index contributed by atoms with van der Waals surface area (Å²) in [6.45, 7) is 4.01. The Morgan fingerprint density at radius 1 is 1.37 bits per heavy atom. The fourth-order valence-corrected chi connectivity index (χ4v) is 2.85. The van der Waals surface area contributed by atoms with Crippen LogP contribution >= 0.6 is 11.3 Å². The monoisotopic (exact) mass is 276 g/mol. The molecule has 0 saturated carbocycles. The average Bonchev–Trinajstić information content (AvgIpc) is 2.74. The molecule has 0 aliphatic heterocycles. The highest BCUT2D eigenvalue weighted by Crippen LogP contribution is 2.16. The maximum atomic E-state index is 11.9. The molecule has 2 N–H and O–H groups in total. The predicted molar refractivity (Wildman–Crippen MR) is 76.8 cm³/mol. The number of nitrogens with one attached hydrogen (secondary N) is 2. The zero-order valence-corrected chi connectivity index (χ0v) is 11.7. The highest BCUT2D eigenvalue weighted by molar-refractivity contribution is 7.11. The van der Waals surface area contributed by atoms with Gasteiger partial charge in [-0.05, 0) is 32.0 Å². The zero-order valence-electron chi connectivity index (χ0n) is 10.9. The van der Waals surface area contributed by atoms with Crippen LogP contribution in [0.3, 0.4) is 0 Å². The number of hydrogen-bond acceptors (Lipinski definition) is 3. The van der Waals surface area contributed by atoms with Crippen molar-refractivity contribution in [3.8, 4) is 0 Å². The van der Waals surface area contributed by atoms with Gasteiger partial charge in [0.2, 0.25) is 5.56 Å². The third-order valence-corrected chi connectivity index (χ3v) is 3.72. The van der Waals surface area contributed by atoms with Crippen molar-refractivity contribution >= 4 is 17.2 Å². The topological polar surface area (TPSA) is 62.0 Å². The molecule has 2 rings (SSSR count). The number of H-pyrrole nitrogens is 1. The molecule has 100 valence electrons. The first-order valence-corrected chi connectivity index (χ1v) is 6.92. The molecule has 1 amide bonds. The summed E-state index contributed by atoms with van der Waals surface area (Å²) in [4.78, 5) is 28.1. The van der Waals surface area contributed by atoms with E-state index in [0.29, 0.717) is 5.69 Å². The molecule has 19 heavy (non-hydrogen) atoms. The highest BCUT2D eigenvalue weighted by Gasteiger charge is 2.11. The first-order chi connectivity index (χ1) is 9.04. The number of aromatic nitrogens is 1. The molecule has 2 aromatic rings. The van der Waals surface area contributed by atoms with Gasteiger partial charge in [0.25, 0.3) is 5.91 Å². The number of aryl methyl sites for hydroxylation is 1. The van der Waals surface area contributed by atoms with Crippen molar-refractivity contribution in [2.75, 3.05) is 0 Å². The van der Waals surface area contributed by atoms with Gasteiger partial charge in [0, 0.05) is 28.3 Å². The van der Waals surface area contributed by atoms with E-state index in [0.717, 1.165) is 6.42 Å². The number of carbonyl (C=O) groups excluding carboxylic acids is 1. The van der Waals surface area contributed by atoms with Crippen molar-refractivity contribution in [3.63, 3.8) is 0 Å². The van der Waals surface area contributed by atoms with Crippen molar-refractivity contribution in [3.05, 3.63) is 56.1 Å². The molecule has 0 aliphatic carbocycles. The number of pyridine rings is 1. The minimum atomic E-state index is -0.269. The van der Waals surface area contributed by atoms with E-state index >= 15 is 0 Å². The second kappa shape index (κ2) is 5.84. The number of amides is 1. The minimum Gasteiger partial charge on any atom is -0.348 e. The number of carbonyl (C=O) groups is 1. The van der Waals surface area contributed by atoms with Crippen molar-refractivity contribution in [1.29, 1.82) is 0 Å². The van der Waals surface area contributed by atoms with Crippen LogP contribution in [0.4, 0.5) is 0 Å². The SMILES string of the molecule is Cc1ccc(CC(C)NC(=O)c2cccc(=O)[nH]2)s1. The third-order valence-electron chi connectivity index (χ3n) is 2.69. The van der Waals surface area contributed by atoms with Gasteiger partial charge in [-0.1, -0.05) is 6.07 Å². The number of thiophene rings is 1. The fraction of sp³-hybridized carbons (Fsp3) is 0.286. The van der Waals surface area contributed by atoms with E-state index in [1.807, 2.05) is 6.92 Å². The predicted octanol–water partition coefficient (Wildman–Crippen LogP) is 2.11. The number of aromatic amines is 1. The Kier molecular flexibility index (Phi) is 4.16. The fourth-order valence-electron chi connectivity index (χ4n) is 1.83. The van der Waals surface area contributed by atoms with E-state index in [9.17, 15) is 9.59 Å². The van der Waals surface area contributed by atoms with Gasteiger partial charge < -0.3 is 10.3 Å². The second-order valence-electron chi connectivity index (χ2n) is 4.52. The standard InChI is InChI=1S/C14H16N2O2S/c1-9(8-11-7-6-10(2)19-11)15-14(18)12-4-3-5-13(17)16-12/h3-7,9H,8H2,1-2H3,(H,15,18)(H,16,17). The van der Waals surface area contributed by atoms with Crippen LogP contribution < -0.4 is 10.9 Å². The van der Waals surface area contributed by atoms with E-state index < -0.39 is 0 Å². The Morgan fingerprint density at radius 3 is 2.79 bits per heavy atom. The van der Waals surface area contributed by atoms with Crippen LogP contribution in [-0.4, -0.2) is 16.9 Å². The van der Waals surface area contributed by atoms with Crippen molar-refractivity contribution in [1.82, 2.24) is 10.3 Å². The molecule has 0 saturated heterocycles. The van der Waals surface area contributed by atoms with Crippen molar-refractivity contribution in [2.45, 2.75) is 26.3 Å². The summed E-state index contributed by atoms with van der Waals surface area (Å²) in [5.74, 6) is -0.251. The Morgan fingerprint density at radius 2 is 2.16 bits per heavy atom. The molecule has 5 heteroatoms. The summed E-state index contributed by atoms with van der Waals surface area (Å²) in [7, 11) is 0. The summed E-state index contributed by atoms with van der Waals surface area (Å²) >= 11 is 1.73. The quantitative estimate of drug-likeness (QED) is 0.898. The molecule has 0 radical (unpaired) electrons. The van der Waals surface area contributed by atoms with Crippen LogP contribution in [-0.2, 0) is 6.42 Å². The molecule has 1 atom stereocenters. The molecule has 2 aromatic heterocycles. The van der Waals surface area contributed by atoms with E-state index in [1.165, 1.54) is 15.8 Å². The van der Waals surface area contributed by atoms with Crippen LogP contribution in [0.2, 0.25) is 0 Å². The molecule has 0 spiro atoms. The molecule has 4 nitrogen and oxygen atoms in total. The second-order valence-corrected chi connectivity index (χ2v) is 5.89. The van der Waals surface area contributed by atoms with Gasteiger partial charge in [-0.15, -0.1) is 11.3 Å². The van der Waals surface area contributed by atoms with E-state index in [1.54, 1.807) is 23.5 Å². The molecule has 1 unspecified atom stereocenters. The van der Waals surface area contributed by atoms with Crippen LogP contribution in [0.5, 0.6) is 0 Å². The highest BCUT2D eigenvalue weighted by atomic mass is 32.1. The smallest absolute Gasteiger partial charge is 0.268 e. The Hall–Kier alpha value is -1.88. The van der Waals surface area contributed by atoms with Gasteiger partial charge in [-0.3, -0.25) is 9.59 Å². The van der Waals surface area contributed by atoms with Crippen LogP contribution in [0, 0.1) is 6.92 Å². The lowest BCUT2D eigenvalue weighted by molar-refractivity contribution is 0.0935. The van der Waals surface area contributed by atoms with E-state index in [-0.39, 0.29) is 17.5 Å². The Bertz CT molecular complexity index is 630. The average molecular weight is 276 g/mol. The maximum absolute atomic E-state index is 11.9. The van der Waals surface area contributed by atoms with Crippen LogP contribution in [0.1, 0.15) is 27.2 Å². The number of rotatable bonds is 4. The minimum absolute atomic E-state index is 0.0225. The van der Waals surface area contributed by atoms with Gasteiger partial charge in [0.05, 0.1) is 0 Å². The van der Waals surface area contributed by atoms with Crippen molar-refractivity contribution in [2.24, 2.45) is 0 Å². The normalized spacial score (nSPS) is 12.1. The Balaban J connectivity index is 1.97. The molecule has 0 bridgehead atoms. The summed E-state index contributed by atoms with van der Waals surface area (Å²) in [5, 5.41) is 2.88. The molecule has 2 heterocycles. The molecule has 0 aliphatic rings. The van der Waals surface area contributed by atoms with Crippen LogP contribution in [0.15, 0.2) is 35.1 Å². The van der Waals surface area contributed by atoms with Gasteiger partial charge in [-0.25, -0.2) is 0 Å².